The lowest BCUT2D eigenvalue weighted by atomic mass is 9.71. The van der Waals surface area contributed by atoms with Crippen molar-refractivity contribution in [3.8, 4) is 11.5 Å². The minimum Gasteiger partial charge on any atom is -0.349 e. The molecule has 7 nitrogen and oxygen atoms in total. The number of carbonyl (C=O) groups is 2. The van der Waals surface area contributed by atoms with Crippen molar-refractivity contribution in [3.63, 3.8) is 0 Å². The van der Waals surface area contributed by atoms with Crippen LogP contribution in [0.2, 0.25) is 0 Å². The van der Waals surface area contributed by atoms with Gasteiger partial charge in [0.25, 0.3) is 11.8 Å². The smallest absolute Gasteiger partial charge is 0.257 e. The van der Waals surface area contributed by atoms with Crippen molar-refractivity contribution >= 4 is 11.8 Å². The molecule has 1 N–H and O–H groups in total. The van der Waals surface area contributed by atoms with Gasteiger partial charge >= 0.3 is 0 Å². The van der Waals surface area contributed by atoms with E-state index in [1.807, 2.05) is 91.5 Å². The van der Waals surface area contributed by atoms with Gasteiger partial charge in [0, 0.05) is 30.6 Å². The number of nitrogens with one attached hydrogen (secondary N) is 1. The van der Waals surface area contributed by atoms with Crippen LogP contribution in [0.1, 0.15) is 60.0 Å². The number of hydrogen-bond acceptors (Lipinski definition) is 5. The fraction of sp³-hybridized carbons (Fsp3) is 0.290. The SMILES string of the molecule is CCc1noc(-c2ccc(C(=O)N3CCC(C(=O)N[C@@H](C)c4ccccc4)(c4ccccc4)CC3)cc2)n1. The van der Waals surface area contributed by atoms with E-state index < -0.39 is 5.41 Å². The van der Waals surface area contributed by atoms with Gasteiger partial charge in [-0.15, -0.1) is 0 Å². The number of nitrogens with zero attached hydrogens (tertiary/aromatic N) is 3. The quantitative estimate of drug-likeness (QED) is 0.364. The second-order valence-corrected chi connectivity index (χ2v) is 9.79. The van der Waals surface area contributed by atoms with Crippen LogP contribution in [-0.4, -0.2) is 39.9 Å². The molecule has 0 radical (unpaired) electrons. The van der Waals surface area contributed by atoms with Crippen LogP contribution >= 0.6 is 0 Å². The Morgan fingerprint density at radius 2 is 1.58 bits per heavy atom. The molecule has 0 saturated carbocycles. The maximum absolute atomic E-state index is 13.8. The number of carbonyl (C=O) groups excluding carboxylic acids is 2. The lowest BCUT2D eigenvalue weighted by Gasteiger charge is -2.41. The van der Waals surface area contributed by atoms with Crippen molar-refractivity contribution in [1.29, 1.82) is 0 Å². The van der Waals surface area contributed by atoms with E-state index in [4.69, 9.17) is 4.52 Å². The van der Waals surface area contributed by atoms with Crippen LogP contribution in [-0.2, 0) is 16.6 Å². The summed E-state index contributed by atoms with van der Waals surface area (Å²) in [5.41, 5.74) is 2.73. The van der Waals surface area contributed by atoms with Crippen molar-refractivity contribution in [2.24, 2.45) is 0 Å². The molecule has 2 amide bonds. The molecule has 5 rings (SSSR count). The van der Waals surface area contributed by atoms with Crippen LogP contribution in [0.4, 0.5) is 0 Å². The number of hydrogen-bond donors (Lipinski definition) is 1. The van der Waals surface area contributed by atoms with Gasteiger partial charge in [0.15, 0.2) is 5.82 Å². The summed E-state index contributed by atoms with van der Waals surface area (Å²) in [6, 6.07) is 27.0. The minimum absolute atomic E-state index is 0.00232. The van der Waals surface area contributed by atoms with Crippen LogP contribution in [0.5, 0.6) is 0 Å². The Bertz CT molecular complexity index is 1380. The third-order valence-corrected chi connectivity index (χ3v) is 7.48. The number of aromatic nitrogens is 2. The minimum atomic E-state index is -0.695. The topological polar surface area (TPSA) is 88.3 Å². The molecule has 4 aromatic rings. The second kappa shape index (κ2) is 11.0. The van der Waals surface area contributed by atoms with Crippen LogP contribution in [0.25, 0.3) is 11.5 Å². The molecule has 2 heterocycles. The Hall–Kier alpha value is -4.26. The average molecular weight is 509 g/mol. The molecule has 1 aromatic heterocycles. The normalized spacial score (nSPS) is 15.6. The zero-order valence-electron chi connectivity index (χ0n) is 21.8. The first-order valence-corrected chi connectivity index (χ1v) is 13.1. The predicted octanol–water partition coefficient (Wildman–Crippen LogP) is 5.35. The van der Waals surface area contributed by atoms with Crippen LogP contribution in [0, 0.1) is 0 Å². The number of amides is 2. The van der Waals surface area contributed by atoms with Gasteiger partial charge in [-0.05, 0) is 55.2 Å². The van der Waals surface area contributed by atoms with Gasteiger partial charge < -0.3 is 14.7 Å². The van der Waals surface area contributed by atoms with Gasteiger partial charge in [-0.2, -0.15) is 4.98 Å². The first kappa shape index (κ1) is 25.4. The molecule has 0 unspecified atom stereocenters. The molecule has 1 fully saturated rings. The number of aryl methyl sites for hydroxylation is 1. The van der Waals surface area contributed by atoms with E-state index in [0.29, 0.717) is 49.6 Å². The summed E-state index contributed by atoms with van der Waals surface area (Å²) >= 11 is 0. The average Bonchev–Trinajstić information content (AvgIpc) is 3.47. The van der Waals surface area contributed by atoms with E-state index in [1.54, 1.807) is 12.1 Å². The highest BCUT2D eigenvalue weighted by Crippen LogP contribution is 2.37. The third kappa shape index (κ3) is 5.09. The number of likely N-dealkylation sites (tertiary alicyclic amines) is 1. The number of piperidine rings is 1. The van der Waals surface area contributed by atoms with Gasteiger partial charge in [0.2, 0.25) is 5.91 Å². The summed E-state index contributed by atoms with van der Waals surface area (Å²) in [6.45, 7) is 4.96. The molecule has 194 valence electrons. The lowest BCUT2D eigenvalue weighted by Crippen LogP contribution is -2.53. The number of benzene rings is 3. The maximum Gasteiger partial charge on any atom is 0.257 e. The van der Waals surface area contributed by atoms with Crippen LogP contribution in [0.15, 0.2) is 89.5 Å². The molecule has 3 aromatic carbocycles. The maximum atomic E-state index is 13.8. The molecular formula is C31H32N4O3. The highest BCUT2D eigenvalue weighted by molar-refractivity contribution is 5.95. The molecule has 0 bridgehead atoms. The van der Waals surface area contributed by atoms with E-state index in [0.717, 1.165) is 16.7 Å². The molecule has 1 saturated heterocycles. The largest absolute Gasteiger partial charge is 0.349 e. The molecule has 1 aliphatic rings. The highest BCUT2D eigenvalue weighted by atomic mass is 16.5. The first-order chi connectivity index (χ1) is 18.5. The number of rotatable bonds is 7. The van der Waals surface area contributed by atoms with Crippen LogP contribution < -0.4 is 5.32 Å². The van der Waals surface area contributed by atoms with Crippen LogP contribution in [0.3, 0.4) is 0 Å². The van der Waals surface area contributed by atoms with Crippen molar-refractivity contribution in [3.05, 3.63) is 107 Å². The summed E-state index contributed by atoms with van der Waals surface area (Å²) in [6.07, 6.45) is 1.80. The summed E-state index contributed by atoms with van der Waals surface area (Å²) in [5.74, 6) is 1.05. The fourth-order valence-electron chi connectivity index (χ4n) is 5.11. The van der Waals surface area contributed by atoms with Gasteiger partial charge in [0.1, 0.15) is 0 Å². The zero-order valence-corrected chi connectivity index (χ0v) is 21.8. The van der Waals surface area contributed by atoms with E-state index in [9.17, 15) is 9.59 Å². The molecule has 0 spiro atoms. The van der Waals surface area contributed by atoms with E-state index in [1.165, 1.54) is 0 Å². The lowest BCUT2D eigenvalue weighted by molar-refractivity contribution is -0.129. The highest BCUT2D eigenvalue weighted by Gasteiger charge is 2.44. The van der Waals surface area contributed by atoms with Crippen molar-refractivity contribution < 1.29 is 14.1 Å². The third-order valence-electron chi connectivity index (χ3n) is 7.48. The summed E-state index contributed by atoms with van der Waals surface area (Å²) in [4.78, 5) is 33.4. The summed E-state index contributed by atoms with van der Waals surface area (Å²) < 4.78 is 5.31. The van der Waals surface area contributed by atoms with Crippen molar-refractivity contribution in [1.82, 2.24) is 20.4 Å². The molecule has 38 heavy (non-hydrogen) atoms. The first-order valence-electron chi connectivity index (χ1n) is 13.1. The predicted molar refractivity (Wildman–Crippen MR) is 145 cm³/mol. The summed E-state index contributed by atoms with van der Waals surface area (Å²) in [5, 5.41) is 7.18. The van der Waals surface area contributed by atoms with Crippen molar-refractivity contribution in [2.75, 3.05) is 13.1 Å². The standard InChI is InChI=1S/C31H32N4O3/c1-3-27-33-28(38-34-27)24-14-16-25(17-15-24)29(36)35-20-18-31(19-21-35,26-12-8-5-9-13-26)30(37)32-22(2)23-10-6-4-7-11-23/h4-17,22H,3,18-21H2,1-2H3,(H,32,37)/t22-/m0/s1. The zero-order chi connectivity index (χ0) is 26.5. The molecular weight excluding hydrogens is 476 g/mol. The molecule has 0 aliphatic carbocycles. The van der Waals surface area contributed by atoms with Crippen molar-refractivity contribution in [2.45, 2.75) is 44.6 Å². The van der Waals surface area contributed by atoms with Gasteiger partial charge in [-0.1, -0.05) is 72.7 Å². The van der Waals surface area contributed by atoms with E-state index in [2.05, 4.69) is 15.5 Å². The Kier molecular flexibility index (Phi) is 7.36. The Morgan fingerprint density at radius 1 is 0.947 bits per heavy atom. The molecule has 7 heteroatoms. The Morgan fingerprint density at radius 3 is 2.18 bits per heavy atom. The monoisotopic (exact) mass is 508 g/mol. The second-order valence-electron chi connectivity index (χ2n) is 9.79. The van der Waals surface area contributed by atoms with Gasteiger partial charge in [0.05, 0.1) is 11.5 Å². The van der Waals surface area contributed by atoms with E-state index in [-0.39, 0.29) is 17.9 Å². The van der Waals surface area contributed by atoms with Gasteiger partial charge in [-0.3, -0.25) is 9.59 Å². The Labute approximate surface area is 222 Å². The van der Waals surface area contributed by atoms with Gasteiger partial charge in [-0.25, -0.2) is 0 Å². The summed E-state index contributed by atoms with van der Waals surface area (Å²) in [7, 11) is 0. The molecule has 1 aliphatic heterocycles. The Balaban J connectivity index is 1.30. The van der Waals surface area contributed by atoms with E-state index >= 15 is 0 Å². The fourth-order valence-corrected chi connectivity index (χ4v) is 5.11. The molecule has 1 atom stereocenters.